The Kier molecular flexibility index (Phi) is 6.20. The van der Waals surface area contributed by atoms with Gasteiger partial charge in [0.25, 0.3) is 5.91 Å². The molecule has 8 heteroatoms. The van der Waals surface area contributed by atoms with Gasteiger partial charge in [-0.25, -0.2) is 0 Å². The zero-order valence-corrected chi connectivity index (χ0v) is 18.9. The van der Waals surface area contributed by atoms with Crippen LogP contribution in [-0.2, 0) is 9.59 Å². The van der Waals surface area contributed by atoms with Crippen LogP contribution in [0, 0.1) is 12.8 Å². The number of nitrogens with zero attached hydrogens (tertiary/aromatic N) is 1. The fourth-order valence-electron chi connectivity index (χ4n) is 4.16. The van der Waals surface area contributed by atoms with Crippen LogP contribution in [-0.4, -0.2) is 39.4 Å². The van der Waals surface area contributed by atoms with Gasteiger partial charge in [0.15, 0.2) is 0 Å². The van der Waals surface area contributed by atoms with Gasteiger partial charge in [0.05, 0.1) is 17.9 Å². The van der Waals surface area contributed by atoms with Crippen molar-refractivity contribution in [3.8, 4) is 17.1 Å². The largest absolute Gasteiger partial charge is 0.497 e. The first-order valence-corrected chi connectivity index (χ1v) is 11.3. The summed E-state index contributed by atoms with van der Waals surface area (Å²) in [7, 11) is 1.63. The van der Waals surface area contributed by atoms with Crippen molar-refractivity contribution in [2.75, 3.05) is 7.11 Å². The minimum atomic E-state index is -0.803. The molecule has 0 radical (unpaired) electrons. The molecule has 1 amide bonds. The average molecular weight is 458 g/mol. The lowest BCUT2D eigenvalue weighted by Gasteiger charge is -2.32. The summed E-state index contributed by atoms with van der Waals surface area (Å²) in [5.41, 5.74) is 1.98. The van der Waals surface area contributed by atoms with E-state index in [2.05, 4.69) is 0 Å². The van der Waals surface area contributed by atoms with Crippen molar-refractivity contribution in [1.29, 1.82) is 0 Å². The normalized spacial score (nSPS) is 22.9. The number of ether oxygens (including phenoxy) is 1. The van der Waals surface area contributed by atoms with Crippen molar-refractivity contribution in [3.63, 3.8) is 0 Å². The summed E-state index contributed by atoms with van der Waals surface area (Å²) in [6.07, 6.45) is 4.35. The van der Waals surface area contributed by atoms with Crippen LogP contribution in [0.3, 0.4) is 0 Å². The smallest absolute Gasteiger partial charge is 0.306 e. The maximum absolute atomic E-state index is 13.0. The predicted molar refractivity (Wildman–Crippen MR) is 124 cm³/mol. The van der Waals surface area contributed by atoms with Crippen LogP contribution in [0.5, 0.6) is 5.75 Å². The highest BCUT2D eigenvalue weighted by Crippen LogP contribution is 2.39. The summed E-state index contributed by atoms with van der Waals surface area (Å²) in [6.45, 7) is 1.99. The van der Waals surface area contributed by atoms with Crippen molar-refractivity contribution < 1.29 is 23.8 Å². The number of thioether (sulfide) groups is 1. The van der Waals surface area contributed by atoms with Gasteiger partial charge < -0.3 is 14.3 Å². The number of thiocarbonyl (C=S) groups is 1. The molecule has 2 aromatic rings. The van der Waals surface area contributed by atoms with E-state index >= 15 is 0 Å². The highest BCUT2D eigenvalue weighted by atomic mass is 32.2. The van der Waals surface area contributed by atoms with E-state index in [1.165, 1.54) is 11.8 Å². The molecule has 1 saturated carbocycles. The molecule has 1 N–H and O–H groups in total. The number of furan rings is 1. The molecule has 2 heterocycles. The van der Waals surface area contributed by atoms with Gasteiger partial charge in [-0.2, -0.15) is 0 Å². The molecule has 6 nitrogen and oxygen atoms in total. The molecule has 0 spiro atoms. The van der Waals surface area contributed by atoms with Gasteiger partial charge in [-0.3, -0.25) is 14.5 Å². The molecule has 0 bridgehead atoms. The van der Waals surface area contributed by atoms with E-state index in [1.54, 1.807) is 18.1 Å². The fraction of sp³-hybridized carbons (Fsp3) is 0.348. The lowest BCUT2D eigenvalue weighted by molar-refractivity contribution is -0.144. The molecule has 1 aliphatic carbocycles. The Morgan fingerprint density at radius 3 is 2.84 bits per heavy atom. The molecule has 1 aliphatic heterocycles. The number of aryl methyl sites for hydroxylation is 1. The van der Waals surface area contributed by atoms with Crippen molar-refractivity contribution in [1.82, 2.24) is 4.90 Å². The lowest BCUT2D eigenvalue weighted by atomic mass is 9.85. The number of carbonyl (C=O) groups is 2. The predicted octanol–water partition coefficient (Wildman–Crippen LogP) is 5.11. The second kappa shape index (κ2) is 8.88. The number of hydrogen-bond donors (Lipinski definition) is 1. The van der Waals surface area contributed by atoms with Crippen LogP contribution < -0.4 is 4.74 Å². The van der Waals surface area contributed by atoms with Gasteiger partial charge in [0.2, 0.25) is 0 Å². The Labute approximate surface area is 190 Å². The number of aliphatic carboxylic acids is 1. The second-order valence-corrected chi connectivity index (χ2v) is 9.47. The molecular weight excluding hydrogens is 434 g/mol. The Hall–Kier alpha value is -2.58. The molecule has 1 aromatic carbocycles. The summed E-state index contributed by atoms with van der Waals surface area (Å²) in [6, 6.07) is 9.30. The summed E-state index contributed by atoms with van der Waals surface area (Å²) in [4.78, 5) is 26.5. The number of carboxylic acid groups (broad SMARTS) is 1. The van der Waals surface area contributed by atoms with E-state index in [0.717, 1.165) is 29.7 Å². The van der Waals surface area contributed by atoms with Crippen LogP contribution in [0.15, 0.2) is 39.7 Å². The molecule has 1 aromatic heterocycles. The summed E-state index contributed by atoms with van der Waals surface area (Å²) < 4.78 is 11.7. The number of rotatable bonds is 5. The topological polar surface area (TPSA) is 80.0 Å². The fourth-order valence-corrected chi connectivity index (χ4v) is 5.54. The lowest BCUT2D eigenvalue weighted by Crippen LogP contribution is -2.42. The highest BCUT2D eigenvalue weighted by molar-refractivity contribution is 8.26. The van der Waals surface area contributed by atoms with Gasteiger partial charge in [0.1, 0.15) is 21.6 Å². The van der Waals surface area contributed by atoms with E-state index in [9.17, 15) is 14.7 Å². The quantitative estimate of drug-likeness (QED) is 0.494. The summed E-state index contributed by atoms with van der Waals surface area (Å²) in [5, 5.41) is 9.35. The third-order valence-corrected chi connectivity index (χ3v) is 7.11. The monoisotopic (exact) mass is 457 g/mol. The molecule has 1 saturated heterocycles. The first kappa shape index (κ1) is 21.6. The molecule has 2 aliphatic rings. The third kappa shape index (κ3) is 4.41. The highest BCUT2D eigenvalue weighted by Gasteiger charge is 2.40. The average Bonchev–Trinajstić information content (AvgIpc) is 3.32. The SMILES string of the molecule is COc1ccc(-c2ccc(/C=C3/SC(=S)N(C4CCCC(C(=O)O)C4)C3=O)o2)c(C)c1. The van der Waals surface area contributed by atoms with Crippen molar-refractivity contribution in [3.05, 3.63) is 46.6 Å². The third-order valence-electron chi connectivity index (χ3n) is 5.78. The van der Waals surface area contributed by atoms with Crippen molar-refractivity contribution in [2.45, 2.75) is 38.6 Å². The number of hydrogen-bond acceptors (Lipinski definition) is 6. The number of carboxylic acids is 1. The molecule has 162 valence electrons. The molecule has 4 rings (SSSR count). The van der Waals surface area contributed by atoms with Crippen LogP contribution in [0.1, 0.15) is 37.0 Å². The summed E-state index contributed by atoms with van der Waals surface area (Å²) >= 11 is 6.69. The Balaban J connectivity index is 1.53. The van der Waals surface area contributed by atoms with Crippen LogP contribution >= 0.6 is 24.0 Å². The second-order valence-electron chi connectivity index (χ2n) is 7.79. The van der Waals surface area contributed by atoms with E-state index in [0.29, 0.717) is 33.6 Å². The maximum atomic E-state index is 13.0. The molecule has 2 fully saturated rings. The van der Waals surface area contributed by atoms with E-state index in [1.807, 2.05) is 37.3 Å². The first-order valence-electron chi connectivity index (χ1n) is 10.1. The molecule has 31 heavy (non-hydrogen) atoms. The van der Waals surface area contributed by atoms with Crippen LogP contribution in [0.4, 0.5) is 0 Å². The molecule has 2 atom stereocenters. The van der Waals surface area contributed by atoms with Gasteiger partial charge in [-0.15, -0.1) is 0 Å². The van der Waals surface area contributed by atoms with Crippen molar-refractivity contribution in [2.24, 2.45) is 5.92 Å². The standard InChI is InChI=1S/C23H23NO5S2/c1-13-10-16(28-2)6-8-18(13)19-9-7-17(29-19)12-20-21(25)24(23(30)31-20)15-5-3-4-14(11-15)22(26)27/h6-10,12,14-15H,3-5,11H2,1-2H3,(H,26,27)/b20-12+. The number of benzene rings is 1. The zero-order chi connectivity index (χ0) is 22.1. The number of amides is 1. The number of carbonyl (C=O) groups excluding carboxylic acids is 1. The minimum Gasteiger partial charge on any atom is -0.497 e. The van der Waals surface area contributed by atoms with E-state index in [4.69, 9.17) is 21.4 Å². The van der Waals surface area contributed by atoms with Gasteiger partial charge in [0, 0.05) is 17.7 Å². The number of methoxy groups -OCH3 is 1. The van der Waals surface area contributed by atoms with Gasteiger partial charge >= 0.3 is 5.97 Å². The Bertz CT molecular complexity index is 1070. The van der Waals surface area contributed by atoms with Crippen molar-refractivity contribution >= 4 is 46.3 Å². The Morgan fingerprint density at radius 1 is 1.32 bits per heavy atom. The maximum Gasteiger partial charge on any atom is 0.306 e. The zero-order valence-electron chi connectivity index (χ0n) is 17.3. The Morgan fingerprint density at radius 2 is 2.13 bits per heavy atom. The summed E-state index contributed by atoms with van der Waals surface area (Å²) in [5.74, 6) is 0.653. The molecule has 2 unspecified atom stereocenters. The van der Waals surface area contributed by atoms with Crippen LogP contribution in [0.2, 0.25) is 0 Å². The molecular formula is C23H23NO5S2. The first-order chi connectivity index (χ1) is 14.9. The van der Waals surface area contributed by atoms with E-state index < -0.39 is 11.9 Å². The van der Waals surface area contributed by atoms with Gasteiger partial charge in [-0.1, -0.05) is 30.4 Å². The van der Waals surface area contributed by atoms with Crippen LogP contribution in [0.25, 0.3) is 17.4 Å². The minimum absolute atomic E-state index is 0.164. The van der Waals surface area contributed by atoms with E-state index in [-0.39, 0.29) is 11.9 Å². The van der Waals surface area contributed by atoms with Gasteiger partial charge in [-0.05, 0) is 62.1 Å².